The van der Waals surface area contributed by atoms with Crippen LogP contribution in [0.4, 0.5) is 0 Å². The van der Waals surface area contributed by atoms with E-state index in [-0.39, 0.29) is 0 Å². The molecule has 108 valence electrons. The summed E-state index contributed by atoms with van der Waals surface area (Å²) in [6, 6.07) is 1.34. The van der Waals surface area contributed by atoms with E-state index in [1.54, 1.807) is 0 Å². The number of rotatable bonds is 4. The van der Waals surface area contributed by atoms with Crippen LogP contribution >= 0.6 is 0 Å². The summed E-state index contributed by atoms with van der Waals surface area (Å²) in [4.78, 5) is 2.77. The first-order valence-electron chi connectivity index (χ1n) is 7.80. The minimum absolute atomic E-state index is 0.338. The summed E-state index contributed by atoms with van der Waals surface area (Å²) in [5.41, 5.74) is 0.698. The summed E-state index contributed by atoms with van der Waals surface area (Å²) in [7, 11) is 0. The topological polar surface area (TPSA) is 15.3 Å². The molecule has 0 spiro atoms. The molecule has 0 aromatic carbocycles. The fraction of sp³-hybridized carbons (Fsp3) is 1.00. The molecule has 0 radical (unpaired) electrons. The van der Waals surface area contributed by atoms with Crippen LogP contribution in [0.1, 0.15) is 67.7 Å². The summed E-state index contributed by atoms with van der Waals surface area (Å²) >= 11 is 0. The zero-order valence-electron chi connectivity index (χ0n) is 13.6. The van der Waals surface area contributed by atoms with Gasteiger partial charge in [-0.3, -0.25) is 4.90 Å². The average Bonchev–Trinajstić information content (AvgIpc) is 2.36. The third-order valence-electron chi connectivity index (χ3n) is 5.24. The van der Waals surface area contributed by atoms with Crippen molar-refractivity contribution in [2.75, 3.05) is 13.1 Å². The molecule has 2 nitrogen and oxygen atoms in total. The normalized spacial score (nSPS) is 27.2. The van der Waals surface area contributed by atoms with E-state index in [9.17, 15) is 0 Å². The van der Waals surface area contributed by atoms with Crippen molar-refractivity contribution in [1.82, 2.24) is 10.2 Å². The molecule has 2 unspecified atom stereocenters. The van der Waals surface area contributed by atoms with Crippen molar-refractivity contribution in [2.24, 2.45) is 5.41 Å². The van der Waals surface area contributed by atoms with Crippen LogP contribution in [0.25, 0.3) is 0 Å². The van der Waals surface area contributed by atoms with Crippen molar-refractivity contribution in [1.29, 1.82) is 0 Å². The first kappa shape index (κ1) is 16.0. The van der Waals surface area contributed by atoms with E-state index in [0.717, 1.165) is 6.54 Å². The average molecular weight is 254 g/mol. The van der Waals surface area contributed by atoms with E-state index in [4.69, 9.17) is 0 Å². The molecule has 0 saturated carbocycles. The van der Waals surface area contributed by atoms with Gasteiger partial charge in [0.1, 0.15) is 0 Å². The van der Waals surface area contributed by atoms with Crippen LogP contribution in [0.2, 0.25) is 0 Å². The second-order valence-electron chi connectivity index (χ2n) is 7.14. The molecule has 0 aromatic rings. The molecular formula is C16H34N2. The van der Waals surface area contributed by atoms with Crippen molar-refractivity contribution in [3.8, 4) is 0 Å². The van der Waals surface area contributed by atoms with Crippen molar-refractivity contribution in [2.45, 2.75) is 85.4 Å². The van der Waals surface area contributed by atoms with Crippen LogP contribution in [-0.2, 0) is 0 Å². The van der Waals surface area contributed by atoms with E-state index < -0.39 is 0 Å². The van der Waals surface area contributed by atoms with Gasteiger partial charge >= 0.3 is 0 Å². The first-order valence-corrected chi connectivity index (χ1v) is 7.80. The first-order chi connectivity index (χ1) is 8.29. The third kappa shape index (κ3) is 3.27. The maximum absolute atomic E-state index is 3.83. The largest absolute Gasteiger partial charge is 0.308 e. The van der Waals surface area contributed by atoms with Crippen molar-refractivity contribution < 1.29 is 0 Å². The number of hydrogen-bond acceptors (Lipinski definition) is 2. The molecule has 2 heteroatoms. The van der Waals surface area contributed by atoms with Gasteiger partial charge in [0.2, 0.25) is 0 Å². The van der Waals surface area contributed by atoms with E-state index in [2.05, 4.69) is 58.7 Å². The van der Waals surface area contributed by atoms with Gasteiger partial charge in [-0.05, 0) is 31.6 Å². The predicted octanol–water partition coefficient (Wildman–Crippen LogP) is 3.66. The summed E-state index contributed by atoms with van der Waals surface area (Å²) in [5, 5.41) is 3.83. The maximum atomic E-state index is 3.83. The Labute approximate surface area is 115 Å². The molecule has 18 heavy (non-hydrogen) atoms. The monoisotopic (exact) mass is 254 g/mol. The van der Waals surface area contributed by atoms with Crippen molar-refractivity contribution in [3.05, 3.63) is 0 Å². The minimum atomic E-state index is 0.338. The lowest BCUT2D eigenvalue weighted by Crippen LogP contribution is -2.66. The van der Waals surface area contributed by atoms with Crippen LogP contribution in [0.3, 0.4) is 0 Å². The zero-order valence-corrected chi connectivity index (χ0v) is 13.6. The van der Waals surface area contributed by atoms with Gasteiger partial charge in [-0.1, -0.05) is 41.5 Å². The van der Waals surface area contributed by atoms with Crippen LogP contribution in [0.15, 0.2) is 0 Å². The quantitative estimate of drug-likeness (QED) is 0.823. The Kier molecular flexibility index (Phi) is 5.25. The highest BCUT2D eigenvalue weighted by molar-refractivity contribution is 4.99. The van der Waals surface area contributed by atoms with Crippen LogP contribution in [0, 0.1) is 5.41 Å². The molecule has 0 aliphatic carbocycles. The summed E-state index contributed by atoms with van der Waals surface area (Å²) in [6.07, 6.45) is 3.71. The molecule has 0 aromatic heterocycles. The predicted molar refractivity (Wildman–Crippen MR) is 81.0 cm³/mol. The van der Waals surface area contributed by atoms with Gasteiger partial charge in [-0.15, -0.1) is 0 Å². The number of hydrogen-bond donors (Lipinski definition) is 1. The summed E-state index contributed by atoms with van der Waals surface area (Å²) in [5.74, 6) is 0. The van der Waals surface area contributed by atoms with Gasteiger partial charge in [0.05, 0.1) is 0 Å². The molecule has 1 aliphatic rings. The molecule has 1 saturated heterocycles. The molecule has 1 rings (SSSR count). The van der Waals surface area contributed by atoms with Gasteiger partial charge in [0, 0.05) is 30.7 Å². The molecule has 0 bridgehead atoms. The van der Waals surface area contributed by atoms with E-state index in [1.165, 1.54) is 25.8 Å². The number of nitrogens with one attached hydrogen (secondary N) is 1. The van der Waals surface area contributed by atoms with Gasteiger partial charge in [-0.25, -0.2) is 0 Å². The Bertz CT molecular complexity index is 250. The van der Waals surface area contributed by atoms with E-state index in [1.807, 2.05) is 0 Å². The fourth-order valence-electron chi connectivity index (χ4n) is 3.04. The Balaban J connectivity index is 2.89. The lowest BCUT2D eigenvalue weighted by Gasteiger charge is -2.52. The van der Waals surface area contributed by atoms with E-state index in [0.29, 0.717) is 23.0 Å². The standard InChI is InChI=1S/C16H34N2/c1-8-14-11-17-16(9-2,10-3)12-18(14)13(4)15(5,6)7/h13-14,17H,8-12H2,1-7H3. The molecule has 1 fully saturated rings. The molecule has 0 amide bonds. The molecule has 1 N–H and O–H groups in total. The smallest absolute Gasteiger partial charge is 0.0304 e. The SMILES string of the molecule is CCC1CNC(CC)(CC)CN1C(C)C(C)(C)C. The number of nitrogens with zero attached hydrogens (tertiary/aromatic N) is 1. The number of piperazine rings is 1. The lowest BCUT2D eigenvalue weighted by molar-refractivity contribution is 0.00216. The van der Waals surface area contributed by atoms with Gasteiger partial charge in [0.25, 0.3) is 0 Å². The zero-order chi connectivity index (χ0) is 14.0. The third-order valence-corrected chi connectivity index (χ3v) is 5.24. The maximum Gasteiger partial charge on any atom is 0.0304 e. The van der Waals surface area contributed by atoms with Gasteiger partial charge in [-0.2, -0.15) is 0 Å². The Hall–Kier alpha value is -0.0800. The molecular weight excluding hydrogens is 220 g/mol. The highest BCUT2D eigenvalue weighted by Gasteiger charge is 2.40. The van der Waals surface area contributed by atoms with Crippen LogP contribution in [-0.4, -0.2) is 35.6 Å². The molecule has 2 atom stereocenters. The van der Waals surface area contributed by atoms with Crippen LogP contribution in [0.5, 0.6) is 0 Å². The highest BCUT2D eigenvalue weighted by atomic mass is 15.3. The molecule has 1 aliphatic heterocycles. The second-order valence-corrected chi connectivity index (χ2v) is 7.14. The van der Waals surface area contributed by atoms with Gasteiger partial charge < -0.3 is 5.32 Å². The Morgan fingerprint density at radius 1 is 1.22 bits per heavy atom. The fourth-order valence-corrected chi connectivity index (χ4v) is 3.04. The van der Waals surface area contributed by atoms with Crippen LogP contribution < -0.4 is 5.32 Å². The van der Waals surface area contributed by atoms with Gasteiger partial charge in [0.15, 0.2) is 0 Å². The summed E-state index contributed by atoms with van der Waals surface area (Å²) in [6.45, 7) is 18.8. The second kappa shape index (κ2) is 5.92. The van der Waals surface area contributed by atoms with Crippen molar-refractivity contribution in [3.63, 3.8) is 0 Å². The summed E-state index contributed by atoms with van der Waals surface area (Å²) < 4.78 is 0. The molecule has 1 heterocycles. The van der Waals surface area contributed by atoms with E-state index >= 15 is 0 Å². The highest BCUT2D eigenvalue weighted by Crippen LogP contribution is 2.31. The Morgan fingerprint density at radius 2 is 1.78 bits per heavy atom. The van der Waals surface area contributed by atoms with Crippen molar-refractivity contribution >= 4 is 0 Å². The lowest BCUT2D eigenvalue weighted by atomic mass is 9.81. The Morgan fingerprint density at radius 3 is 2.17 bits per heavy atom. The minimum Gasteiger partial charge on any atom is -0.308 e.